The second-order valence-corrected chi connectivity index (χ2v) is 7.61. The van der Waals surface area contributed by atoms with E-state index in [1.54, 1.807) is 0 Å². The zero-order valence-corrected chi connectivity index (χ0v) is 15.2. The zero-order chi connectivity index (χ0) is 19.7. The minimum atomic E-state index is -3.88. The molecule has 3 atom stereocenters. The molecule has 0 aliphatic carbocycles. The molecule has 1 unspecified atom stereocenters. The Morgan fingerprint density at radius 2 is 2.19 bits per heavy atom. The van der Waals surface area contributed by atoms with Crippen molar-refractivity contribution in [1.29, 1.82) is 0 Å². The highest BCUT2D eigenvalue weighted by Crippen LogP contribution is 2.56. The number of aromatic amines is 1. The quantitative estimate of drug-likeness (QED) is 0.370. The van der Waals surface area contributed by atoms with Crippen molar-refractivity contribution in [2.24, 2.45) is 0 Å². The molecular formula is C14H18N3O9P. The molecule has 0 aromatic carbocycles. The van der Waals surface area contributed by atoms with Crippen molar-refractivity contribution in [1.82, 2.24) is 9.55 Å². The monoisotopic (exact) mass is 403 g/mol. The van der Waals surface area contributed by atoms with Gasteiger partial charge in [0.25, 0.3) is 5.56 Å². The van der Waals surface area contributed by atoms with Crippen LogP contribution >= 0.6 is 7.82 Å². The fourth-order valence-corrected chi connectivity index (χ4v) is 4.17. The predicted molar refractivity (Wildman–Crippen MR) is 87.9 cm³/mol. The maximum Gasteiger partial charge on any atom is 0.475 e. The summed E-state index contributed by atoms with van der Waals surface area (Å²) in [6.45, 7) is 5.84. The van der Waals surface area contributed by atoms with Crippen LogP contribution in [0.25, 0.3) is 4.85 Å². The van der Waals surface area contributed by atoms with Gasteiger partial charge in [0.15, 0.2) is 6.23 Å². The van der Waals surface area contributed by atoms with Gasteiger partial charge in [-0.3, -0.25) is 27.9 Å². The fourth-order valence-electron chi connectivity index (χ4n) is 2.89. The first-order chi connectivity index (χ1) is 12.8. The van der Waals surface area contributed by atoms with E-state index in [1.165, 1.54) is 13.3 Å². The van der Waals surface area contributed by atoms with Crippen LogP contribution in [0.15, 0.2) is 21.9 Å². The van der Waals surface area contributed by atoms with Gasteiger partial charge in [0.05, 0.1) is 13.2 Å². The zero-order valence-electron chi connectivity index (χ0n) is 14.3. The van der Waals surface area contributed by atoms with E-state index in [0.717, 1.165) is 10.6 Å². The molecular weight excluding hydrogens is 385 g/mol. The number of nitrogens with one attached hydrogen (secondary N) is 1. The van der Waals surface area contributed by atoms with Gasteiger partial charge in [0, 0.05) is 19.4 Å². The van der Waals surface area contributed by atoms with Crippen LogP contribution < -0.4 is 11.2 Å². The summed E-state index contributed by atoms with van der Waals surface area (Å²) < 4.78 is 39.8. The molecule has 148 valence electrons. The number of methoxy groups -OCH3 is 1. The Balaban J connectivity index is 1.80. The van der Waals surface area contributed by atoms with Gasteiger partial charge in [-0.25, -0.2) is 15.9 Å². The number of hydrogen-bond acceptors (Lipinski definition) is 9. The van der Waals surface area contributed by atoms with Crippen molar-refractivity contribution in [2.45, 2.75) is 24.0 Å². The number of ether oxygens (including phenoxy) is 2. The van der Waals surface area contributed by atoms with E-state index in [1.807, 2.05) is 0 Å². The van der Waals surface area contributed by atoms with Crippen LogP contribution in [0.1, 0.15) is 6.23 Å². The predicted octanol–water partition coefficient (Wildman–Crippen LogP) is -0.729. The number of rotatable bonds is 5. The van der Waals surface area contributed by atoms with E-state index in [0.29, 0.717) is 0 Å². The second-order valence-electron chi connectivity index (χ2n) is 5.94. The lowest BCUT2D eigenvalue weighted by Gasteiger charge is -2.37. The van der Waals surface area contributed by atoms with E-state index in [9.17, 15) is 19.3 Å². The summed E-state index contributed by atoms with van der Waals surface area (Å²) in [5, 5.41) is 10.7. The van der Waals surface area contributed by atoms with Crippen LogP contribution in [0, 0.1) is 6.57 Å². The van der Waals surface area contributed by atoms with Crippen LogP contribution in [0.4, 0.5) is 0 Å². The number of aromatic nitrogens is 2. The smallest absolute Gasteiger partial charge is 0.387 e. The normalized spacial score (nSPS) is 36.0. The minimum Gasteiger partial charge on any atom is -0.387 e. The van der Waals surface area contributed by atoms with Crippen LogP contribution in [0.2, 0.25) is 0 Å². The van der Waals surface area contributed by atoms with Gasteiger partial charge in [0.1, 0.15) is 24.4 Å². The van der Waals surface area contributed by atoms with Gasteiger partial charge >= 0.3 is 13.5 Å². The first kappa shape index (κ1) is 19.9. The molecule has 0 bridgehead atoms. The van der Waals surface area contributed by atoms with Crippen molar-refractivity contribution in [3.05, 3.63) is 44.5 Å². The van der Waals surface area contributed by atoms with Crippen molar-refractivity contribution in [3.63, 3.8) is 0 Å². The van der Waals surface area contributed by atoms with Crippen molar-refractivity contribution in [3.8, 4) is 0 Å². The van der Waals surface area contributed by atoms with E-state index < -0.39 is 43.1 Å². The summed E-state index contributed by atoms with van der Waals surface area (Å²) in [5.41, 5.74) is -2.79. The molecule has 12 nitrogen and oxygen atoms in total. The SMILES string of the molecule is [C-]#[N+]CCOP1(=O)OCC2(CO1)O[C@@H](n1ccc(=O)[nH]c1=O)C(OC)[C@H]2O. The lowest BCUT2D eigenvalue weighted by molar-refractivity contribution is -0.166. The summed E-state index contributed by atoms with van der Waals surface area (Å²) in [5.74, 6) is 0. The van der Waals surface area contributed by atoms with E-state index >= 15 is 0 Å². The molecule has 2 aliphatic heterocycles. The van der Waals surface area contributed by atoms with E-state index in [2.05, 4.69) is 9.83 Å². The summed E-state index contributed by atoms with van der Waals surface area (Å²) >= 11 is 0. The number of aliphatic hydroxyl groups excluding tert-OH is 1. The van der Waals surface area contributed by atoms with Gasteiger partial charge in [-0.15, -0.1) is 0 Å². The average molecular weight is 403 g/mol. The molecule has 3 heterocycles. The van der Waals surface area contributed by atoms with Crippen molar-refractivity contribution < 1.29 is 32.7 Å². The number of aliphatic hydroxyl groups is 1. The summed E-state index contributed by atoms with van der Waals surface area (Å²) in [4.78, 5) is 28.5. The molecule has 1 aromatic heterocycles. The van der Waals surface area contributed by atoms with E-state index in [-0.39, 0.29) is 26.4 Å². The second kappa shape index (κ2) is 7.65. The van der Waals surface area contributed by atoms with Gasteiger partial charge in [-0.2, -0.15) is 0 Å². The Bertz CT molecular complexity index is 879. The number of phosphoric acid groups is 1. The molecule has 2 N–H and O–H groups in total. The summed E-state index contributed by atoms with van der Waals surface area (Å²) in [6, 6.07) is 1.13. The van der Waals surface area contributed by atoms with Crippen LogP contribution in [0.5, 0.6) is 0 Å². The third-order valence-electron chi connectivity index (χ3n) is 4.27. The summed E-state index contributed by atoms with van der Waals surface area (Å²) in [6.07, 6.45) is -2.14. The molecule has 27 heavy (non-hydrogen) atoms. The minimum absolute atomic E-state index is 0.00999. The molecule has 0 amide bonds. The Kier molecular flexibility index (Phi) is 5.64. The van der Waals surface area contributed by atoms with Gasteiger partial charge in [0.2, 0.25) is 6.54 Å². The average Bonchev–Trinajstić information content (AvgIpc) is 2.90. The highest BCUT2D eigenvalue weighted by atomic mass is 31.2. The molecule has 2 saturated heterocycles. The maximum atomic E-state index is 12.3. The fraction of sp³-hybridized carbons (Fsp3) is 0.643. The molecule has 1 aromatic rings. The van der Waals surface area contributed by atoms with Crippen molar-refractivity contribution in [2.75, 3.05) is 33.5 Å². The third kappa shape index (κ3) is 3.76. The summed E-state index contributed by atoms with van der Waals surface area (Å²) in [7, 11) is -2.55. The van der Waals surface area contributed by atoms with Crippen molar-refractivity contribution >= 4 is 7.82 Å². The van der Waals surface area contributed by atoms with Crippen LogP contribution in [-0.4, -0.2) is 65.9 Å². The third-order valence-corrected chi connectivity index (χ3v) is 5.66. The number of phosphoric ester groups is 1. The first-order valence-corrected chi connectivity index (χ1v) is 9.37. The molecule has 13 heteroatoms. The number of hydrogen-bond donors (Lipinski definition) is 2. The molecule has 2 aliphatic rings. The van der Waals surface area contributed by atoms with Gasteiger partial charge in [-0.1, -0.05) is 0 Å². The molecule has 1 spiro atoms. The number of nitrogens with zero attached hydrogens (tertiary/aromatic N) is 2. The Morgan fingerprint density at radius 3 is 2.78 bits per heavy atom. The maximum absolute atomic E-state index is 12.3. The standard InChI is InChI=1S/C14H18N3O9P/c1-15-4-6-23-27(21)24-7-14(8-25-27)11(19)10(22-2)12(26-14)17-5-3-9(18)16-13(17)20/h3,5,10-12,19H,4,6-8H2,2H3,(H,16,18,20)/t10?,11-,12-,14?,27?/m1/s1. The molecule has 0 saturated carbocycles. The Hall–Kier alpha value is -1.84. The Morgan fingerprint density at radius 1 is 1.48 bits per heavy atom. The van der Waals surface area contributed by atoms with E-state index in [4.69, 9.17) is 29.6 Å². The lowest BCUT2D eigenvalue weighted by Crippen LogP contribution is -2.52. The van der Waals surface area contributed by atoms with Crippen LogP contribution in [0.3, 0.4) is 0 Å². The molecule has 2 fully saturated rings. The first-order valence-electron chi connectivity index (χ1n) is 7.91. The van der Waals surface area contributed by atoms with Crippen LogP contribution in [-0.2, 0) is 27.6 Å². The molecule has 3 rings (SSSR count). The Labute approximate surface area is 153 Å². The lowest BCUT2D eigenvalue weighted by atomic mass is 9.97. The highest BCUT2D eigenvalue weighted by molar-refractivity contribution is 7.48. The number of H-pyrrole nitrogens is 1. The molecule has 0 radical (unpaired) electrons. The largest absolute Gasteiger partial charge is 0.475 e. The highest BCUT2D eigenvalue weighted by Gasteiger charge is 2.60. The van der Waals surface area contributed by atoms with Gasteiger partial charge in [-0.05, 0) is 0 Å². The van der Waals surface area contributed by atoms with Gasteiger partial charge < -0.3 is 19.4 Å². The topological polar surface area (TPSA) is 143 Å².